The van der Waals surface area contributed by atoms with Gasteiger partial charge in [-0.1, -0.05) is 32.9 Å². The minimum Gasteiger partial charge on any atom is -0.465 e. The van der Waals surface area contributed by atoms with Crippen LogP contribution in [0.25, 0.3) is 0 Å². The Bertz CT molecular complexity index is 241. The monoisotopic (exact) mass is 196 g/mol. The molecule has 0 radical (unpaired) electrons. The molecule has 0 N–H and O–H groups in total. The molecule has 0 saturated heterocycles. The molecule has 0 aromatic heterocycles. The van der Waals surface area contributed by atoms with Crippen LogP contribution in [0.5, 0.6) is 0 Å². The normalized spacial score (nSPS) is 29.1. The quantitative estimate of drug-likeness (QED) is 0.510. The molecule has 1 fully saturated rings. The van der Waals surface area contributed by atoms with Gasteiger partial charge in [0, 0.05) is 0 Å². The van der Waals surface area contributed by atoms with Crippen LogP contribution in [0.15, 0.2) is 12.2 Å². The van der Waals surface area contributed by atoms with Gasteiger partial charge in [-0.15, -0.1) is 0 Å². The fourth-order valence-corrected chi connectivity index (χ4v) is 1.99. The van der Waals surface area contributed by atoms with E-state index in [1.165, 1.54) is 0 Å². The standard InChI is InChI=1S/C12H20O2/c1-5-7-9-10(12(9,3)4)11(13)14-8-6-2/h5,7,9-10H,6,8H2,1-4H3. The van der Waals surface area contributed by atoms with Gasteiger partial charge in [-0.05, 0) is 24.7 Å². The highest BCUT2D eigenvalue weighted by Gasteiger charge is 2.61. The third kappa shape index (κ3) is 1.99. The summed E-state index contributed by atoms with van der Waals surface area (Å²) >= 11 is 0. The molecule has 1 saturated carbocycles. The van der Waals surface area contributed by atoms with E-state index in [0.29, 0.717) is 12.5 Å². The molecule has 0 aromatic carbocycles. The summed E-state index contributed by atoms with van der Waals surface area (Å²) in [5.74, 6) is 0.419. The highest BCUT2D eigenvalue weighted by molar-refractivity contribution is 5.78. The third-order valence-corrected chi connectivity index (χ3v) is 3.01. The van der Waals surface area contributed by atoms with E-state index >= 15 is 0 Å². The minimum atomic E-state index is -0.0278. The molecule has 2 nitrogen and oxygen atoms in total. The summed E-state index contributed by atoms with van der Waals surface area (Å²) in [6, 6.07) is 0. The summed E-state index contributed by atoms with van der Waals surface area (Å²) in [5.41, 5.74) is 0.0946. The lowest BCUT2D eigenvalue weighted by molar-refractivity contribution is -0.146. The summed E-state index contributed by atoms with van der Waals surface area (Å²) in [6.45, 7) is 8.79. The molecule has 2 heteroatoms. The number of carbonyl (C=O) groups is 1. The van der Waals surface area contributed by atoms with Crippen molar-refractivity contribution < 1.29 is 9.53 Å². The smallest absolute Gasteiger partial charge is 0.310 e. The van der Waals surface area contributed by atoms with Gasteiger partial charge in [0.2, 0.25) is 0 Å². The van der Waals surface area contributed by atoms with Crippen molar-refractivity contribution >= 4 is 5.97 Å². The largest absolute Gasteiger partial charge is 0.465 e. The lowest BCUT2D eigenvalue weighted by Gasteiger charge is -2.03. The van der Waals surface area contributed by atoms with Gasteiger partial charge in [-0.3, -0.25) is 4.79 Å². The molecule has 2 unspecified atom stereocenters. The molecule has 0 aliphatic heterocycles. The van der Waals surface area contributed by atoms with E-state index in [9.17, 15) is 4.79 Å². The number of ether oxygens (including phenoxy) is 1. The van der Waals surface area contributed by atoms with Crippen LogP contribution in [-0.4, -0.2) is 12.6 Å². The van der Waals surface area contributed by atoms with Crippen LogP contribution in [0.4, 0.5) is 0 Å². The minimum absolute atomic E-state index is 0.0278. The van der Waals surface area contributed by atoms with E-state index < -0.39 is 0 Å². The van der Waals surface area contributed by atoms with Crippen LogP contribution in [-0.2, 0) is 9.53 Å². The maximum atomic E-state index is 11.6. The Morgan fingerprint density at radius 2 is 2.14 bits per heavy atom. The van der Waals surface area contributed by atoms with Crippen LogP contribution < -0.4 is 0 Å². The Labute approximate surface area is 86.3 Å². The number of carbonyl (C=O) groups excluding carboxylic acids is 1. The molecule has 0 aromatic rings. The molecule has 80 valence electrons. The summed E-state index contributed by atoms with van der Waals surface area (Å²) < 4.78 is 5.15. The molecule has 14 heavy (non-hydrogen) atoms. The maximum Gasteiger partial charge on any atom is 0.310 e. The van der Waals surface area contributed by atoms with Gasteiger partial charge in [0.1, 0.15) is 0 Å². The van der Waals surface area contributed by atoms with E-state index in [0.717, 1.165) is 6.42 Å². The average molecular weight is 196 g/mol. The predicted octanol–water partition coefficient (Wildman–Crippen LogP) is 2.79. The first-order valence-electron chi connectivity index (χ1n) is 5.35. The third-order valence-electron chi connectivity index (χ3n) is 3.01. The molecule has 0 bridgehead atoms. The van der Waals surface area contributed by atoms with Crippen molar-refractivity contribution in [3.8, 4) is 0 Å². The van der Waals surface area contributed by atoms with Gasteiger partial charge in [-0.25, -0.2) is 0 Å². The van der Waals surface area contributed by atoms with Crippen molar-refractivity contribution in [3.63, 3.8) is 0 Å². The lowest BCUT2D eigenvalue weighted by atomic mass is 10.1. The van der Waals surface area contributed by atoms with E-state index in [4.69, 9.17) is 4.74 Å². The molecule has 0 spiro atoms. The summed E-state index contributed by atoms with van der Waals surface area (Å²) in [4.78, 5) is 11.6. The van der Waals surface area contributed by atoms with Crippen molar-refractivity contribution in [3.05, 3.63) is 12.2 Å². The number of esters is 1. The Morgan fingerprint density at radius 1 is 1.50 bits per heavy atom. The van der Waals surface area contributed by atoms with Gasteiger partial charge in [0.05, 0.1) is 12.5 Å². The zero-order chi connectivity index (χ0) is 10.8. The Hall–Kier alpha value is -0.790. The van der Waals surface area contributed by atoms with Crippen molar-refractivity contribution in [2.45, 2.75) is 34.1 Å². The molecular formula is C12H20O2. The number of hydrogen-bond acceptors (Lipinski definition) is 2. The van der Waals surface area contributed by atoms with Gasteiger partial charge < -0.3 is 4.74 Å². The molecule has 0 heterocycles. The second-order valence-electron chi connectivity index (χ2n) is 4.52. The zero-order valence-electron chi connectivity index (χ0n) is 9.54. The van der Waals surface area contributed by atoms with Gasteiger partial charge >= 0.3 is 5.97 Å². The molecule has 1 aliphatic carbocycles. The molecular weight excluding hydrogens is 176 g/mol. The second kappa shape index (κ2) is 4.16. The second-order valence-corrected chi connectivity index (χ2v) is 4.52. The molecule has 0 amide bonds. The van der Waals surface area contributed by atoms with Crippen LogP contribution in [0.3, 0.4) is 0 Å². The van der Waals surface area contributed by atoms with Crippen molar-refractivity contribution in [1.82, 2.24) is 0 Å². The molecule has 2 atom stereocenters. The Morgan fingerprint density at radius 3 is 2.64 bits per heavy atom. The van der Waals surface area contributed by atoms with E-state index in [1.54, 1.807) is 0 Å². The maximum absolute atomic E-state index is 11.6. The van der Waals surface area contributed by atoms with Crippen LogP contribution >= 0.6 is 0 Å². The zero-order valence-corrected chi connectivity index (χ0v) is 9.54. The number of allylic oxidation sites excluding steroid dienone is 2. The van der Waals surface area contributed by atoms with Gasteiger partial charge in [0.25, 0.3) is 0 Å². The summed E-state index contributed by atoms with van der Waals surface area (Å²) in [6.07, 6.45) is 5.02. The van der Waals surface area contributed by atoms with Crippen molar-refractivity contribution in [1.29, 1.82) is 0 Å². The van der Waals surface area contributed by atoms with E-state index in [1.807, 2.05) is 19.9 Å². The van der Waals surface area contributed by atoms with Crippen molar-refractivity contribution in [2.75, 3.05) is 6.61 Å². The van der Waals surface area contributed by atoms with Gasteiger partial charge in [0.15, 0.2) is 0 Å². The predicted molar refractivity (Wildman–Crippen MR) is 56.8 cm³/mol. The Balaban J connectivity index is 2.50. The average Bonchev–Trinajstić information content (AvgIpc) is 2.65. The lowest BCUT2D eigenvalue weighted by Crippen LogP contribution is -2.11. The van der Waals surface area contributed by atoms with Crippen LogP contribution in [0, 0.1) is 17.3 Å². The van der Waals surface area contributed by atoms with Gasteiger partial charge in [-0.2, -0.15) is 0 Å². The van der Waals surface area contributed by atoms with E-state index in [2.05, 4.69) is 19.9 Å². The topological polar surface area (TPSA) is 26.3 Å². The number of rotatable bonds is 4. The van der Waals surface area contributed by atoms with E-state index in [-0.39, 0.29) is 17.3 Å². The summed E-state index contributed by atoms with van der Waals surface area (Å²) in [7, 11) is 0. The highest BCUT2D eigenvalue weighted by atomic mass is 16.5. The van der Waals surface area contributed by atoms with Crippen molar-refractivity contribution in [2.24, 2.45) is 17.3 Å². The SMILES string of the molecule is CC=CC1C(C(=O)OCCC)C1(C)C. The fraction of sp³-hybridized carbons (Fsp3) is 0.750. The first-order valence-corrected chi connectivity index (χ1v) is 5.35. The summed E-state index contributed by atoms with van der Waals surface area (Å²) in [5, 5.41) is 0. The first kappa shape index (κ1) is 11.3. The highest BCUT2D eigenvalue weighted by Crippen LogP contribution is 2.59. The fourth-order valence-electron chi connectivity index (χ4n) is 1.99. The molecule has 1 aliphatic rings. The first-order chi connectivity index (χ1) is 6.55. The Kier molecular flexibility index (Phi) is 3.35. The van der Waals surface area contributed by atoms with Crippen LogP contribution in [0.2, 0.25) is 0 Å². The molecule has 1 rings (SSSR count). The number of hydrogen-bond donors (Lipinski definition) is 0. The van der Waals surface area contributed by atoms with Crippen LogP contribution in [0.1, 0.15) is 34.1 Å².